The van der Waals surface area contributed by atoms with Gasteiger partial charge in [0.25, 0.3) is 0 Å². The zero-order valence-corrected chi connectivity index (χ0v) is 15.3. The molecule has 0 radical (unpaired) electrons. The van der Waals surface area contributed by atoms with Gasteiger partial charge in [-0.1, -0.05) is 42.5 Å². The van der Waals surface area contributed by atoms with Crippen molar-refractivity contribution in [1.29, 1.82) is 0 Å². The van der Waals surface area contributed by atoms with Gasteiger partial charge in [-0.3, -0.25) is 0 Å². The fraction of sp³-hybridized carbons (Fsp3) is 0.381. The molecule has 4 rings (SSSR count). The Morgan fingerprint density at radius 3 is 2.57 bits per heavy atom. The Bertz CT molecular complexity index is 879. The zero-order valence-electron chi connectivity index (χ0n) is 15.3. The summed E-state index contributed by atoms with van der Waals surface area (Å²) in [5.41, 5.74) is 5.65. The topological polar surface area (TPSA) is 105 Å². The van der Waals surface area contributed by atoms with Gasteiger partial charge in [-0.25, -0.2) is 4.79 Å². The second-order valence-electron chi connectivity index (χ2n) is 7.07. The van der Waals surface area contributed by atoms with Crippen LogP contribution in [0.15, 0.2) is 42.5 Å². The van der Waals surface area contributed by atoms with Gasteiger partial charge in [0.05, 0.1) is 0 Å². The number of rotatable bonds is 4. The van der Waals surface area contributed by atoms with E-state index in [9.17, 15) is 20.1 Å². The highest BCUT2D eigenvalue weighted by molar-refractivity contribution is 5.77. The predicted octanol–water partition coefficient (Wildman–Crippen LogP) is 0.755. The van der Waals surface area contributed by atoms with Crippen LogP contribution in [0.2, 0.25) is 0 Å². The standard InChI is InChI=1S/C21H22O7/c1-26-21-18(24)16(22)17(23)19(28-21)20(25)27-10-11-6-7-15-13(8-11)9-12-4-2-3-5-14(12)15/h2-8,16-19,21-24H,9-10H2,1H3/t16?,17-,18?,19?,21+/m0/s1. The third kappa shape index (κ3) is 3.32. The van der Waals surface area contributed by atoms with Crippen LogP contribution in [0.25, 0.3) is 11.1 Å². The first kappa shape index (κ1) is 19.0. The highest BCUT2D eigenvalue weighted by atomic mass is 16.7. The Labute approximate surface area is 162 Å². The highest BCUT2D eigenvalue weighted by Gasteiger charge is 2.47. The molecule has 1 saturated heterocycles. The summed E-state index contributed by atoms with van der Waals surface area (Å²) in [6.45, 7) is 0.00529. The number of esters is 1. The fourth-order valence-electron chi connectivity index (χ4n) is 3.76. The molecule has 7 nitrogen and oxygen atoms in total. The molecule has 1 aliphatic heterocycles. The number of carbonyl (C=O) groups excluding carboxylic acids is 1. The van der Waals surface area contributed by atoms with Gasteiger partial charge < -0.3 is 29.5 Å². The summed E-state index contributed by atoms with van der Waals surface area (Å²) in [5.74, 6) is -0.829. The van der Waals surface area contributed by atoms with Crippen molar-refractivity contribution in [3.8, 4) is 11.1 Å². The summed E-state index contributed by atoms with van der Waals surface area (Å²) < 4.78 is 15.4. The van der Waals surface area contributed by atoms with Crippen molar-refractivity contribution in [1.82, 2.24) is 0 Å². The van der Waals surface area contributed by atoms with Gasteiger partial charge in [0.15, 0.2) is 12.4 Å². The van der Waals surface area contributed by atoms with Crippen LogP contribution < -0.4 is 0 Å². The van der Waals surface area contributed by atoms with E-state index in [0.29, 0.717) is 0 Å². The minimum atomic E-state index is -1.61. The first-order chi connectivity index (χ1) is 13.5. The second-order valence-corrected chi connectivity index (χ2v) is 7.07. The van der Waals surface area contributed by atoms with Crippen LogP contribution in [0.3, 0.4) is 0 Å². The molecule has 5 atom stereocenters. The Kier molecular flexibility index (Phi) is 5.18. The molecule has 2 aliphatic rings. The molecule has 1 aliphatic carbocycles. The highest BCUT2D eigenvalue weighted by Crippen LogP contribution is 2.36. The normalized spacial score (nSPS) is 28.5. The molecule has 148 valence electrons. The number of fused-ring (bicyclic) bond motifs is 3. The van der Waals surface area contributed by atoms with Gasteiger partial charge in [0.1, 0.15) is 24.9 Å². The molecule has 0 bridgehead atoms. The quantitative estimate of drug-likeness (QED) is 0.569. The summed E-state index contributed by atoms with van der Waals surface area (Å²) in [6, 6.07) is 14.1. The number of aliphatic hydroxyl groups excluding tert-OH is 3. The maximum absolute atomic E-state index is 12.4. The first-order valence-corrected chi connectivity index (χ1v) is 9.08. The van der Waals surface area contributed by atoms with E-state index < -0.39 is 36.7 Å². The Morgan fingerprint density at radius 2 is 1.79 bits per heavy atom. The Balaban J connectivity index is 1.42. The van der Waals surface area contributed by atoms with Crippen LogP contribution in [0.5, 0.6) is 0 Å². The Morgan fingerprint density at radius 1 is 1.04 bits per heavy atom. The van der Waals surface area contributed by atoms with Gasteiger partial charge in [-0.2, -0.15) is 0 Å². The predicted molar refractivity (Wildman–Crippen MR) is 98.2 cm³/mol. The number of hydrogen-bond acceptors (Lipinski definition) is 7. The van der Waals surface area contributed by atoms with E-state index in [1.54, 1.807) is 0 Å². The monoisotopic (exact) mass is 386 g/mol. The van der Waals surface area contributed by atoms with E-state index in [0.717, 1.165) is 12.0 Å². The average molecular weight is 386 g/mol. The lowest BCUT2D eigenvalue weighted by Crippen LogP contribution is -2.60. The molecule has 3 N–H and O–H groups in total. The lowest BCUT2D eigenvalue weighted by atomic mass is 9.99. The third-order valence-corrected chi connectivity index (χ3v) is 5.27. The molecular formula is C21H22O7. The van der Waals surface area contributed by atoms with Crippen molar-refractivity contribution in [3.63, 3.8) is 0 Å². The van der Waals surface area contributed by atoms with E-state index in [2.05, 4.69) is 12.1 Å². The Hall–Kier alpha value is -2.29. The van der Waals surface area contributed by atoms with Gasteiger partial charge in [0, 0.05) is 7.11 Å². The molecular weight excluding hydrogens is 364 g/mol. The van der Waals surface area contributed by atoms with Crippen LogP contribution >= 0.6 is 0 Å². The van der Waals surface area contributed by atoms with E-state index >= 15 is 0 Å². The van der Waals surface area contributed by atoms with Gasteiger partial charge >= 0.3 is 5.97 Å². The van der Waals surface area contributed by atoms with Gasteiger partial charge in [0.2, 0.25) is 0 Å². The summed E-state index contributed by atoms with van der Waals surface area (Å²) in [6.07, 6.45) is -6.48. The average Bonchev–Trinajstić information content (AvgIpc) is 3.08. The van der Waals surface area contributed by atoms with Crippen molar-refractivity contribution in [2.24, 2.45) is 0 Å². The van der Waals surface area contributed by atoms with E-state index in [-0.39, 0.29) is 6.61 Å². The molecule has 7 heteroatoms. The maximum atomic E-state index is 12.4. The molecule has 0 aromatic heterocycles. The number of hydrogen-bond donors (Lipinski definition) is 3. The van der Waals surface area contributed by atoms with E-state index in [1.807, 2.05) is 30.3 Å². The van der Waals surface area contributed by atoms with Gasteiger partial charge in [-0.05, 0) is 34.2 Å². The van der Waals surface area contributed by atoms with Crippen molar-refractivity contribution in [2.75, 3.05) is 7.11 Å². The number of ether oxygens (including phenoxy) is 3. The molecule has 1 heterocycles. The van der Waals surface area contributed by atoms with Crippen molar-refractivity contribution < 1.29 is 34.3 Å². The summed E-state index contributed by atoms with van der Waals surface area (Å²) in [7, 11) is 1.27. The van der Waals surface area contributed by atoms with Crippen LogP contribution in [0.4, 0.5) is 0 Å². The molecule has 2 aromatic rings. The lowest BCUT2D eigenvalue weighted by Gasteiger charge is -2.38. The molecule has 0 saturated carbocycles. The first-order valence-electron chi connectivity index (χ1n) is 9.08. The number of benzene rings is 2. The molecule has 0 amide bonds. The van der Waals surface area contributed by atoms with Crippen LogP contribution in [-0.2, 0) is 32.0 Å². The van der Waals surface area contributed by atoms with Crippen molar-refractivity contribution >= 4 is 5.97 Å². The molecule has 2 aromatic carbocycles. The second kappa shape index (κ2) is 7.62. The summed E-state index contributed by atoms with van der Waals surface area (Å²) in [5, 5.41) is 29.7. The van der Waals surface area contributed by atoms with E-state index in [4.69, 9.17) is 14.2 Å². The molecule has 0 spiro atoms. The number of methoxy groups -OCH3 is 1. The van der Waals surface area contributed by atoms with Crippen LogP contribution in [0.1, 0.15) is 16.7 Å². The van der Waals surface area contributed by atoms with Crippen LogP contribution in [0, 0.1) is 0 Å². The number of carbonyl (C=O) groups is 1. The third-order valence-electron chi connectivity index (χ3n) is 5.27. The zero-order chi connectivity index (χ0) is 19.8. The van der Waals surface area contributed by atoms with Crippen LogP contribution in [-0.4, -0.2) is 59.1 Å². The summed E-state index contributed by atoms with van der Waals surface area (Å²) >= 11 is 0. The molecule has 1 fully saturated rings. The minimum absolute atomic E-state index is 0.00529. The molecule has 3 unspecified atom stereocenters. The maximum Gasteiger partial charge on any atom is 0.338 e. The molecule has 28 heavy (non-hydrogen) atoms. The van der Waals surface area contributed by atoms with Crippen molar-refractivity contribution in [3.05, 3.63) is 59.2 Å². The minimum Gasteiger partial charge on any atom is -0.459 e. The summed E-state index contributed by atoms with van der Waals surface area (Å²) in [4.78, 5) is 12.4. The van der Waals surface area contributed by atoms with Crippen molar-refractivity contribution in [2.45, 2.75) is 43.7 Å². The smallest absolute Gasteiger partial charge is 0.338 e. The SMILES string of the molecule is CO[C@@H]1OC(C(=O)OCc2ccc3c(c2)Cc2ccccc2-3)[C@@H](O)C(O)C1O. The fourth-order valence-corrected chi connectivity index (χ4v) is 3.76. The number of aliphatic hydroxyl groups is 3. The lowest BCUT2D eigenvalue weighted by molar-refractivity contribution is -0.288. The largest absolute Gasteiger partial charge is 0.459 e. The van der Waals surface area contributed by atoms with Gasteiger partial charge in [-0.15, -0.1) is 0 Å². The van der Waals surface area contributed by atoms with E-state index in [1.165, 1.54) is 29.4 Å².